The highest BCUT2D eigenvalue weighted by molar-refractivity contribution is 5.99. The number of hydrogen-bond donors (Lipinski definition) is 2. The summed E-state index contributed by atoms with van der Waals surface area (Å²) in [5.41, 5.74) is -0.294. The summed E-state index contributed by atoms with van der Waals surface area (Å²) in [5, 5.41) is 9.16. The van der Waals surface area contributed by atoms with Gasteiger partial charge in [0.1, 0.15) is 0 Å². The summed E-state index contributed by atoms with van der Waals surface area (Å²) in [6.07, 6.45) is 0.428. The van der Waals surface area contributed by atoms with E-state index in [1.165, 1.54) is 18.3 Å². The van der Waals surface area contributed by atoms with Crippen LogP contribution in [-0.4, -0.2) is 29.0 Å². The van der Waals surface area contributed by atoms with Gasteiger partial charge in [0.25, 0.3) is 0 Å². The van der Waals surface area contributed by atoms with E-state index in [2.05, 4.69) is 15.7 Å². The molecule has 25 heavy (non-hydrogen) atoms. The van der Waals surface area contributed by atoms with Crippen molar-refractivity contribution >= 4 is 17.4 Å². The van der Waals surface area contributed by atoms with Crippen molar-refractivity contribution in [2.24, 2.45) is 0 Å². The number of carbonyl (C=O) groups excluding carboxylic acids is 1. The van der Waals surface area contributed by atoms with Gasteiger partial charge in [-0.3, -0.25) is 4.68 Å². The molecule has 2 aromatic rings. The quantitative estimate of drug-likeness (QED) is 0.878. The van der Waals surface area contributed by atoms with Crippen molar-refractivity contribution in [3.63, 3.8) is 0 Å². The maximum Gasteiger partial charge on any atom is 0.416 e. The summed E-state index contributed by atoms with van der Waals surface area (Å²) < 4.78 is 45.1. The summed E-state index contributed by atoms with van der Waals surface area (Å²) in [6, 6.07) is 4.04. The SMILES string of the molecule is O=C(Nc1cccc(C(F)(F)F)c1)Nc1cnn(C2CCOCC2)c1. The smallest absolute Gasteiger partial charge is 0.381 e. The minimum Gasteiger partial charge on any atom is -0.381 e. The lowest BCUT2D eigenvalue weighted by Gasteiger charge is -2.22. The molecule has 0 radical (unpaired) electrons. The molecule has 1 aliphatic heterocycles. The number of benzene rings is 1. The van der Waals surface area contributed by atoms with Gasteiger partial charge in [0.15, 0.2) is 0 Å². The zero-order valence-corrected chi connectivity index (χ0v) is 13.2. The van der Waals surface area contributed by atoms with Crippen LogP contribution in [0.25, 0.3) is 0 Å². The van der Waals surface area contributed by atoms with Gasteiger partial charge >= 0.3 is 12.2 Å². The zero-order valence-electron chi connectivity index (χ0n) is 13.2. The van der Waals surface area contributed by atoms with Crippen molar-refractivity contribution in [1.82, 2.24) is 9.78 Å². The maximum atomic E-state index is 12.7. The van der Waals surface area contributed by atoms with Gasteiger partial charge in [-0.25, -0.2) is 4.79 Å². The molecule has 134 valence electrons. The first kappa shape index (κ1) is 17.3. The topological polar surface area (TPSA) is 68.2 Å². The number of alkyl halides is 3. The second-order valence-corrected chi connectivity index (χ2v) is 5.71. The summed E-state index contributed by atoms with van der Waals surface area (Å²) in [6.45, 7) is 1.34. The lowest BCUT2D eigenvalue weighted by Crippen LogP contribution is -2.20. The highest BCUT2D eigenvalue weighted by Crippen LogP contribution is 2.30. The summed E-state index contributed by atoms with van der Waals surface area (Å²) >= 11 is 0. The van der Waals surface area contributed by atoms with Crippen LogP contribution in [0, 0.1) is 0 Å². The molecule has 2 amide bonds. The average Bonchev–Trinajstić information content (AvgIpc) is 3.03. The van der Waals surface area contributed by atoms with Crippen molar-refractivity contribution in [3.05, 3.63) is 42.2 Å². The number of nitrogens with one attached hydrogen (secondary N) is 2. The number of carbonyl (C=O) groups is 1. The molecule has 6 nitrogen and oxygen atoms in total. The van der Waals surface area contributed by atoms with Gasteiger partial charge in [0.05, 0.1) is 23.5 Å². The van der Waals surface area contributed by atoms with E-state index in [4.69, 9.17) is 4.74 Å². The predicted octanol–water partition coefficient (Wildman–Crippen LogP) is 3.90. The van der Waals surface area contributed by atoms with Crippen molar-refractivity contribution in [1.29, 1.82) is 0 Å². The molecule has 1 aliphatic rings. The lowest BCUT2D eigenvalue weighted by molar-refractivity contribution is -0.137. The van der Waals surface area contributed by atoms with Crippen LogP contribution in [0.5, 0.6) is 0 Å². The number of ether oxygens (including phenoxy) is 1. The third kappa shape index (κ3) is 4.50. The minimum absolute atomic E-state index is 0.0594. The van der Waals surface area contributed by atoms with E-state index in [0.717, 1.165) is 25.0 Å². The second-order valence-electron chi connectivity index (χ2n) is 5.71. The van der Waals surface area contributed by atoms with Gasteiger partial charge in [-0.1, -0.05) is 6.07 Å². The molecule has 0 unspecified atom stereocenters. The molecule has 0 bridgehead atoms. The Morgan fingerprint density at radius 2 is 1.92 bits per heavy atom. The van der Waals surface area contributed by atoms with Gasteiger partial charge in [-0.2, -0.15) is 18.3 Å². The fraction of sp³-hybridized carbons (Fsp3) is 0.375. The van der Waals surface area contributed by atoms with E-state index in [1.54, 1.807) is 10.9 Å². The molecule has 0 saturated carbocycles. The van der Waals surface area contributed by atoms with Gasteiger partial charge in [-0.15, -0.1) is 0 Å². The van der Waals surface area contributed by atoms with Crippen LogP contribution in [0.1, 0.15) is 24.4 Å². The number of nitrogens with zero attached hydrogens (tertiary/aromatic N) is 2. The number of hydrogen-bond acceptors (Lipinski definition) is 3. The number of urea groups is 1. The van der Waals surface area contributed by atoms with E-state index in [-0.39, 0.29) is 11.7 Å². The predicted molar refractivity (Wildman–Crippen MR) is 85.4 cm³/mol. The Labute approximate surface area is 142 Å². The second kappa shape index (κ2) is 7.14. The molecular formula is C16H17F3N4O2. The Balaban J connectivity index is 1.60. The van der Waals surface area contributed by atoms with Crippen LogP contribution < -0.4 is 10.6 Å². The molecule has 1 saturated heterocycles. The molecule has 3 rings (SSSR count). The number of rotatable bonds is 3. The maximum absolute atomic E-state index is 12.7. The van der Waals surface area contributed by atoms with Gasteiger partial charge < -0.3 is 15.4 Å². The fourth-order valence-electron chi connectivity index (χ4n) is 2.62. The fourth-order valence-corrected chi connectivity index (χ4v) is 2.62. The highest BCUT2D eigenvalue weighted by Gasteiger charge is 2.30. The van der Waals surface area contributed by atoms with E-state index < -0.39 is 17.8 Å². The Bertz CT molecular complexity index is 739. The Hall–Kier alpha value is -2.55. The van der Waals surface area contributed by atoms with Crippen molar-refractivity contribution < 1.29 is 22.7 Å². The Morgan fingerprint density at radius 3 is 2.64 bits per heavy atom. The summed E-state index contributed by atoms with van der Waals surface area (Å²) in [5.74, 6) is 0. The molecule has 0 aliphatic carbocycles. The zero-order chi connectivity index (χ0) is 17.9. The summed E-state index contributed by atoms with van der Waals surface area (Å²) in [7, 11) is 0. The molecule has 9 heteroatoms. The lowest BCUT2D eigenvalue weighted by atomic mass is 10.1. The monoisotopic (exact) mass is 354 g/mol. The van der Waals surface area contributed by atoms with Crippen molar-refractivity contribution in [3.8, 4) is 0 Å². The first-order valence-corrected chi connectivity index (χ1v) is 7.79. The van der Waals surface area contributed by atoms with Crippen LogP contribution in [0.2, 0.25) is 0 Å². The Morgan fingerprint density at radius 1 is 1.20 bits per heavy atom. The number of halogens is 3. The minimum atomic E-state index is -4.46. The van der Waals surface area contributed by atoms with Crippen LogP contribution in [0.3, 0.4) is 0 Å². The third-order valence-corrected chi connectivity index (χ3v) is 3.87. The Kier molecular flexibility index (Phi) is 4.93. The standard InChI is InChI=1S/C16H17F3N4O2/c17-16(18,19)11-2-1-3-12(8-11)21-15(24)22-13-9-20-23(10-13)14-4-6-25-7-5-14/h1-3,8-10,14H,4-7H2,(H2,21,22,24). The molecule has 0 atom stereocenters. The number of aromatic nitrogens is 2. The third-order valence-electron chi connectivity index (χ3n) is 3.87. The highest BCUT2D eigenvalue weighted by atomic mass is 19.4. The summed E-state index contributed by atoms with van der Waals surface area (Å²) in [4.78, 5) is 12.0. The van der Waals surface area contributed by atoms with Crippen LogP contribution in [0.15, 0.2) is 36.7 Å². The number of anilines is 2. The van der Waals surface area contributed by atoms with Crippen molar-refractivity contribution in [2.75, 3.05) is 23.8 Å². The van der Waals surface area contributed by atoms with E-state index in [9.17, 15) is 18.0 Å². The largest absolute Gasteiger partial charge is 0.416 e. The molecule has 2 heterocycles. The van der Waals surface area contributed by atoms with E-state index in [1.807, 2.05) is 0 Å². The number of amides is 2. The molecule has 1 fully saturated rings. The van der Waals surface area contributed by atoms with Crippen LogP contribution >= 0.6 is 0 Å². The van der Waals surface area contributed by atoms with Crippen molar-refractivity contribution in [2.45, 2.75) is 25.1 Å². The first-order chi connectivity index (χ1) is 11.9. The normalized spacial score (nSPS) is 15.8. The molecule has 0 spiro atoms. The van der Waals surface area contributed by atoms with Crippen LogP contribution in [-0.2, 0) is 10.9 Å². The average molecular weight is 354 g/mol. The molecule has 2 N–H and O–H groups in total. The van der Waals surface area contributed by atoms with E-state index >= 15 is 0 Å². The molecule has 1 aromatic heterocycles. The first-order valence-electron chi connectivity index (χ1n) is 7.79. The molecular weight excluding hydrogens is 337 g/mol. The van der Waals surface area contributed by atoms with Gasteiger partial charge in [-0.05, 0) is 31.0 Å². The van der Waals surface area contributed by atoms with Gasteiger partial charge in [0.2, 0.25) is 0 Å². The van der Waals surface area contributed by atoms with E-state index in [0.29, 0.717) is 18.9 Å². The van der Waals surface area contributed by atoms with Crippen LogP contribution in [0.4, 0.5) is 29.3 Å². The van der Waals surface area contributed by atoms with Gasteiger partial charge in [0, 0.05) is 25.1 Å². The molecule has 1 aromatic carbocycles.